The van der Waals surface area contributed by atoms with Crippen molar-refractivity contribution >= 4 is 5.96 Å². The monoisotopic (exact) mass is 390 g/mol. The fraction of sp³-hybridized carbons (Fsp3) is 0.682. The van der Waals surface area contributed by atoms with E-state index in [9.17, 15) is 0 Å². The minimum absolute atomic E-state index is 0.523. The van der Waals surface area contributed by atoms with Gasteiger partial charge in [0, 0.05) is 32.7 Å². The molecule has 0 unspecified atom stereocenters. The Balaban J connectivity index is 1.71. The highest BCUT2D eigenvalue weighted by Crippen LogP contribution is 2.28. The zero-order valence-electron chi connectivity index (χ0n) is 18.1. The second-order valence-electron chi connectivity index (χ2n) is 7.28. The molecule has 6 nitrogen and oxygen atoms in total. The molecule has 1 saturated heterocycles. The van der Waals surface area contributed by atoms with Crippen molar-refractivity contribution in [2.45, 2.75) is 52.0 Å². The number of rotatable bonds is 10. The number of hydrogen-bond donors (Lipinski definition) is 2. The lowest BCUT2D eigenvalue weighted by atomic mass is 10.1. The summed E-state index contributed by atoms with van der Waals surface area (Å²) in [4.78, 5) is 6.94. The number of piperidine rings is 1. The molecule has 158 valence electrons. The van der Waals surface area contributed by atoms with E-state index in [2.05, 4.69) is 39.6 Å². The van der Waals surface area contributed by atoms with Crippen LogP contribution in [0.5, 0.6) is 11.5 Å². The first-order valence-electron chi connectivity index (χ1n) is 10.7. The van der Waals surface area contributed by atoms with Crippen molar-refractivity contribution in [1.29, 1.82) is 0 Å². The molecule has 0 aliphatic carbocycles. The Labute approximate surface area is 170 Å². The van der Waals surface area contributed by atoms with Crippen LogP contribution in [-0.2, 0) is 6.42 Å². The Morgan fingerprint density at radius 3 is 2.64 bits per heavy atom. The Kier molecular flexibility index (Phi) is 9.97. The number of likely N-dealkylation sites (tertiary alicyclic amines) is 1. The van der Waals surface area contributed by atoms with Crippen LogP contribution in [0.4, 0.5) is 0 Å². The summed E-state index contributed by atoms with van der Waals surface area (Å²) in [6.45, 7) is 9.35. The quantitative estimate of drug-likeness (QED) is 0.365. The fourth-order valence-corrected chi connectivity index (χ4v) is 3.65. The van der Waals surface area contributed by atoms with Gasteiger partial charge in [0.1, 0.15) is 0 Å². The topological polar surface area (TPSA) is 58.1 Å². The van der Waals surface area contributed by atoms with Crippen LogP contribution >= 0.6 is 0 Å². The summed E-state index contributed by atoms with van der Waals surface area (Å²) in [5, 5.41) is 7.04. The molecule has 1 heterocycles. The summed E-state index contributed by atoms with van der Waals surface area (Å²) in [6.07, 6.45) is 5.64. The van der Waals surface area contributed by atoms with Crippen LogP contribution in [0, 0.1) is 0 Å². The van der Waals surface area contributed by atoms with E-state index in [1.807, 2.05) is 20.0 Å². The van der Waals surface area contributed by atoms with E-state index < -0.39 is 0 Å². The van der Waals surface area contributed by atoms with Crippen LogP contribution in [0.1, 0.15) is 45.1 Å². The average molecular weight is 391 g/mol. The lowest BCUT2D eigenvalue weighted by Gasteiger charge is -2.32. The Hall–Kier alpha value is -1.95. The fourth-order valence-electron chi connectivity index (χ4n) is 3.65. The second kappa shape index (κ2) is 12.5. The van der Waals surface area contributed by atoms with Crippen molar-refractivity contribution in [2.24, 2.45) is 4.99 Å². The van der Waals surface area contributed by atoms with Crippen molar-refractivity contribution in [3.05, 3.63) is 23.8 Å². The first-order valence-corrected chi connectivity index (χ1v) is 10.7. The summed E-state index contributed by atoms with van der Waals surface area (Å²) in [6, 6.07) is 6.70. The molecule has 0 atom stereocenters. The number of ether oxygens (including phenoxy) is 2. The first kappa shape index (κ1) is 22.3. The molecule has 1 aromatic carbocycles. The molecule has 6 heteroatoms. The number of methoxy groups -OCH3 is 1. The van der Waals surface area contributed by atoms with Gasteiger partial charge in [0.05, 0.1) is 13.7 Å². The van der Waals surface area contributed by atoms with E-state index in [0.717, 1.165) is 36.8 Å². The molecule has 0 aromatic heterocycles. The number of nitrogens with zero attached hydrogens (tertiary/aromatic N) is 2. The Morgan fingerprint density at radius 2 is 2.00 bits per heavy atom. The van der Waals surface area contributed by atoms with Gasteiger partial charge in [-0.3, -0.25) is 4.99 Å². The van der Waals surface area contributed by atoms with E-state index in [0.29, 0.717) is 12.6 Å². The third-order valence-electron chi connectivity index (χ3n) is 5.15. The lowest BCUT2D eigenvalue weighted by Crippen LogP contribution is -2.48. The number of nitrogens with one attached hydrogen (secondary N) is 2. The highest BCUT2D eigenvalue weighted by molar-refractivity contribution is 5.79. The molecule has 28 heavy (non-hydrogen) atoms. The molecule has 1 fully saturated rings. The van der Waals surface area contributed by atoms with Gasteiger partial charge in [0.15, 0.2) is 17.5 Å². The average Bonchev–Trinajstić information content (AvgIpc) is 2.72. The zero-order valence-corrected chi connectivity index (χ0v) is 18.1. The first-order chi connectivity index (χ1) is 13.7. The van der Waals surface area contributed by atoms with Crippen LogP contribution in [0.25, 0.3) is 0 Å². The minimum atomic E-state index is 0.523. The molecule has 0 spiro atoms. The van der Waals surface area contributed by atoms with Crippen molar-refractivity contribution in [1.82, 2.24) is 15.5 Å². The lowest BCUT2D eigenvalue weighted by molar-refractivity contribution is 0.206. The van der Waals surface area contributed by atoms with E-state index in [-0.39, 0.29) is 0 Å². The van der Waals surface area contributed by atoms with Crippen molar-refractivity contribution in [3.8, 4) is 11.5 Å². The number of hydrogen-bond acceptors (Lipinski definition) is 4. The third kappa shape index (κ3) is 7.23. The number of aliphatic imine (C=N–C) groups is 1. The molecule has 1 aliphatic rings. The van der Waals surface area contributed by atoms with Gasteiger partial charge < -0.3 is 25.0 Å². The molecular weight excluding hydrogens is 352 g/mol. The maximum absolute atomic E-state index is 5.66. The molecule has 0 bridgehead atoms. The predicted octanol–water partition coefficient (Wildman–Crippen LogP) is 3.07. The molecule has 0 radical (unpaired) electrons. The summed E-state index contributed by atoms with van der Waals surface area (Å²) in [5.74, 6) is 2.53. The van der Waals surface area contributed by atoms with Gasteiger partial charge in [0.25, 0.3) is 0 Å². The standard InChI is InChI=1S/C22H38N4O2/c1-5-14-26-15-11-19(12-16-26)25-22(23-3)24-13-7-8-18-9-10-20(27-4)21(17-18)28-6-2/h9-10,17,19H,5-8,11-16H2,1-4H3,(H2,23,24,25). The zero-order chi connectivity index (χ0) is 20.2. The van der Waals surface area contributed by atoms with Gasteiger partial charge >= 0.3 is 0 Å². The maximum Gasteiger partial charge on any atom is 0.191 e. The van der Waals surface area contributed by atoms with Crippen molar-refractivity contribution < 1.29 is 9.47 Å². The van der Waals surface area contributed by atoms with Gasteiger partial charge in [-0.05, 0) is 63.3 Å². The van der Waals surface area contributed by atoms with Gasteiger partial charge in [-0.1, -0.05) is 13.0 Å². The van der Waals surface area contributed by atoms with E-state index in [1.165, 1.54) is 44.5 Å². The number of guanidine groups is 1. The van der Waals surface area contributed by atoms with Crippen LogP contribution in [-0.4, -0.2) is 63.8 Å². The van der Waals surface area contributed by atoms with E-state index >= 15 is 0 Å². The van der Waals surface area contributed by atoms with Gasteiger partial charge in [-0.2, -0.15) is 0 Å². The third-order valence-corrected chi connectivity index (χ3v) is 5.15. The summed E-state index contributed by atoms with van der Waals surface area (Å²) < 4.78 is 11.0. The van der Waals surface area contributed by atoms with Crippen LogP contribution in [0.3, 0.4) is 0 Å². The predicted molar refractivity (Wildman–Crippen MR) is 117 cm³/mol. The summed E-state index contributed by atoms with van der Waals surface area (Å²) in [7, 11) is 3.52. The SMILES string of the molecule is CCCN1CCC(NC(=NC)NCCCc2ccc(OC)c(OCC)c2)CC1. The van der Waals surface area contributed by atoms with Crippen LogP contribution < -0.4 is 20.1 Å². The molecular formula is C22H38N4O2. The Bertz CT molecular complexity index is 598. The highest BCUT2D eigenvalue weighted by Gasteiger charge is 2.19. The molecule has 2 N–H and O–H groups in total. The minimum Gasteiger partial charge on any atom is -0.493 e. The normalized spacial score (nSPS) is 16.1. The number of benzene rings is 1. The molecule has 1 aromatic rings. The van der Waals surface area contributed by atoms with Crippen LogP contribution in [0.2, 0.25) is 0 Å². The van der Waals surface area contributed by atoms with E-state index in [4.69, 9.17) is 9.47 Å². The Morgan fingerprint density at radius 1 is 1.21 bits per heavy atom. The van der Waals surface area contributed by atoms with Crippen LogP contribution in [0.15, 0.2) is 23.2 Å². The van der Waals surface area contributed by atoms with Gasteiger partial charge in [0.2, 0.25) is 0 Å². The maximum atomic E-state index is 5.66. The molecule has 1 aliphatic heterocycles. The molecule has 0 saturated carbocycles. The van der Waals surface area contributed by atoms with Gasteiger partial charge in [-0.25, -0.2) is 0 Å². The number of aryl methyl sites for hydroxylation is 1. The molecule has 2 rings (SSSR count). The van der Waals surface area contributed by atoms with Crippen molar-refractivity contribution in [2.75, 3.05) is 46.9 Å². The largest absolute Gasteiger partial charge is 0.493 e. The summed E-state index contributed by atoms with van der Waals surface area (Å²) >= 11 is 0. The van der Waals surface area contributed by atoms with E-state index in [1.54, 1.807) is 7.11 Å². The highest BCUT2D eigenvalue weighted by atomic mass is 16.5. The summed E-state index contributed by atoms with van der Waals surface area (Å²) in [5.41, 5.74) is 1.26. The second-order valence-corrected chi connectivity index (χ2v) is 7.28. The smallest absolute Gasteiger partial charge is 0.191 e. The molecule has 0 amide bonds. The van der Waals surface area contributed by atoms with Crippen molar-refractivity contribution in [3.63, 3.8) is 0 Å². The van der Waals surface area contributed by atoms with Gasteiger partial charge in [-0.15, -0.1) is 0 Å².